The highest BCUT2D eigenvalue weighted by molar-refractivity contribution is 5.94. The van der Waals surface area contributed by atoms with Crippen molar-refractivity contribution in [2.75, 3.05) is 20.1 Å². The van der Waals surface area contributed by atoms with Crippen molar-refractivity contribution in [1.29, 1.82) is 0 Å². The number of nitro benzene ring substituents is 1. The van der Waals surface area contributed by atoms with Gasteiger partial charge in [-0.2, -0.15) is 13.2 Å². The number of aromatic hydroxyl groups is 1. The summed E-state index contributed by atoms with van der Waals surface area (Å²) in [6, 6.07) is 5.05. The monoisotopic (exact) mass is 567 g/mol. The van der Waals surface area contributed by atoms with E-state index in [2.05, 4.69) is 23.3 Å². The molecule has 6 rings (SSSR count). The number of phenolic OH excluding ortho intramolecular Hbond substituents is 1. The van der Waals surface area contributed by atoms with E-state index in [-0.39, 0.29) is 34.7 Å². The van der Waals surface area contributed by atoms with E-state index in [4.69, 9.17) is 4.74 Å². The van der Waals surface area contributed by atoms with Gasteiger partial charge in [-0.05, 0) is 62.4 Å². The summed E-state index contributed by atoms with van der Waals surface area (Å²) in [7, 11) is 1.62. The Morgan fingerprint density at radius 2 is 2.07 bits per heavy atom. The van der Waals surface area contributed by atoms with Gasteiger partial charge in [0.15, 0.2) is 11.5 Å². The molecule has 11 heteroatoms. The number of rotatable bonds is 4. The number of carbonyl (C=O) groups is 1. The zero-order chi connectivity index (χ0) is 29.3. The first-order valence-corrected chi connectivity index (χ1v) is 13.5. The van der Waals surface area contributed by atoms with E-state index in [1.165, 1.54) is 17.0 Å². The minimum Gasteiger partial charge on any atom is -0.504 e. The van der Waals surface area contributed by atoms with Gasteiger partial charge in [0.1, 0.15) is 6.10 Å². The molecule has 2 heterocycles. The molecule has 1 saturated heterocycles. The van der Waals surface area contributed by atoms with Crippen LogP contribution >= 0.6 is 0 Å². The lowest BCUT2D eigenvalue weighted by Gasteiger charge is -2.60. The number of alkyl halides is 3. The van der Waals surface area contributed by atoms with Gasteiger partial charge >= 0.3 is 6.18 Å². The fraction of sp³-hybridized carbons (Fsp3) is 0.433. The van der Waals surface area contributed by atoms with Crippen molar-refractivity contribution < 1.29 is 32.7 Å². The van der Waals surface area contributed by atoms with Gasteiger partial charge in [-0.25, -0.2) is 0 Å². The smallest absolute Gasteiger partial charge is 0.416 e. The van der Waals surface area contributed by atoms with Crippen LogP contribution in [0.1, 0.15) is 41.5 Å². The number of benzene rings is 2. The van der Waals surface area contributed by atoms with E-state index in [0.717, 1.165) is 24.6 Å². The SMILES string of the molecule is C=CCN1CC[C@]23c4c5c([N+](=O)[O-])cc(O)c4O[C@H]2[C@@H](N(C)C(=O)C#Cc2ccc(C(F)(F)F)cc2)CC[C@H]3[C@H]1C5. The topological polar surface area (TPSA) is 96.2 Å². The van der Waals surface area contributed by atoms with Crippen LogP contribution in [0, 0.1) is 27.9 Å². The molecule has 2 aliphatic carbocycles. The van der Waals surface area contributed by atoms with Crippen molar-refractivity contribution in [2.45, 2.75) is 55.5 Å². The standard InChI is InChI=1S/C30H28F3N3O5/c1-3-13-35-14-12-29-20-9-10-21(34(2)25(38)11-6-17-4-7-18(8-5-17)30(31,32)33)28(29)41-27-24(37)16-22(36(39)40)19(26(27)29)15-23(20)35/h3-5,7-8,16,20-21,23,28,37H,1,9-10,12-15H2,2H3/t20-,21-,23+,28-,29-/m0/s1. The Balaban J connectivity index is 1.35. The molecule has 2 aromatic carbocycles. The fourth-order valence-electron chi connectivity index (χ4n) is 7.72. The third-order valence-corrected chi connectivity index (χ3v) is 9.41. The van der Waals surface area contributed by atoms with Crippen LogP contribution in [-0.2, 0) is 22.8 Å². The van der Waals surface area contributed by atoms with Crippen LogP contribution in [-0.4, -0.2) is 64.1 Å². The summed E-state index contributed by atoms with van der Waals surface area (Å²) in [4.78, 5) is 28.6. The van der Waals surface area contributed by atoms with Crippen molar-refractivity contribution in [1.82, 2.24) is 9.80 Å². The Kier molecular flexibility index (Phi) is 6.30. The molecule has 1 amide bonds. The number of amides is 1. The highest BCUT2D eigenvalue weighted by atomic mass is 19.4. The molecule has 1 saturated carbocycles. The maximum absolute atomic E-state index is 13.2. The second kappa shape index (κ2) is 9.52. The number of phenols is 1. The van der Waals surface area contributed by atoms with Crippen molar-refractivity contribution in [3.05, 3.63) is 75.4 Å². The van der Waals surface area contributed by atoms with E-state index in [9.17, 15) is 33.2 Å². The number of carbonyl (C=O) groups excluding carboxylic acids is 1. The predicted octanol–water partition coefficient (Wildman–Crippen LogP) is 4.42. The lowest BCUT2D eigenvalue weighted by atomic mass is 9.50. The summed E-state index contributed by atoms with van der Waals surface area (Å²) in [5, 5.41) is 22.9. The molecule has 5 atom stereocenters. The van der Waals surface area contributed by atoms with E-state index < -0.39 is 40.1 Å². The molecule has 1 spiro atoms. The van der Waals surface area contributed by atoms with Gasteiger partial charge in [-0.3, -0.25) is 19.8 Å². The summed E-state index contributed by atoms with van der Waals surface area (Å²) in [5.74, 6) is 4.78. The summed E-state index contributed by atoms with van der Waals surface area (Å²) in [6.07, 6.45) is -0.718. The fourth-order valence-corrected chi connectivity index (χ4v) is 7.72. The summed E-state index contributed by atoms with van der Waals surface area (Å²) in [5.41, 5.74) is 0.0221. The van der Waals surface area contributed by atoms with Crippen LogP contribution in [0.2, 0.25) is 0 Å². The second-order valence-corrected chi connectivity index (χ2v) is 11.2. The molecule has 0 aromatic heterocycles. The highest BCUT2D eigenvalue weighted by Gasteiger charge is 2.67. The van der Waals surface area contributed by atoms with Gasteiger partial charge < -0.3 is 14.7 Å². The van der Waals surface area contributed by atoms with Gasteiger partial charge in [0, 0.05) is 47.7 Å². The van der Waals surface area contributed by atoms with Gasteiger partial charge in [-0.1, -0.05) is 12.0 Å². The van der Waals surface area contributed by atoms with E-state index >= 15 is 0 Å². The number of hydrogen-bond donors (Lipinski definition) is 1. The number of likely N-dealkylation sites (tertiary alicyclic amines) is 1. The highest BCUT2D eigenvalue weighted by Crippen LogP contribution is 2.65. The Morgan fingerprint density at radius 3 is 2.73 bits per heavy atom. The lowest BCUT2D eigenvalue weighted by Crippen LogP contribution is -2.68. The molecule has 41 heavy (non-hydrogen) atoms. The quantitative estimate of drug-likeness (QED) is 0.254. The van der Waals surface area contributed by atoms with Crippen molar-refractivity contribution in [2.24, 2.45) is 5.92 Å². The minimum absolute atomic E-state index is 0.0240. The lowest BCUT2D eigenvalue weighted by molar-refractivity contribution is -0.385. The summed E-state index contributed by atoms with van der Waals surface area (Å²) in [6.45, 7) is 5.25. The minimum atomic E-state index is -4.46. The van der Waals surface area contributed by atoms with Crippen LogP contribution in [0.3, 0.4) is 0 Å². The van der Waals surface area contributed by atoms with Gasteiger partial charge in [0.2, 0.25) is 0 Å². The van der Waals surface area contributed by atoms with Crippen LogP contribution in [0.5, 0.6) is 11.5 Å². The number of nitrogens with zero attached hydrogens (tertiary/aromatic N) is 3. The molecule has 2 bridgehead atoms. The van der Waals surface area contributed by atoms with Crippen molar-refractivity contribution >= 4 is 11.6 Å². The number of nitro groups is 1. The second-order valence-electron chi connectivity index (χ2n) is 11.2. The molecular formula is C30H28F3N3O5. The maximum atomic E-state index is 13.2. The van der Waals surface area contributed by atoms with E-state index in [1.807, 2.05) is 6.08 Å². The molecule has 0 unspecified atom stereocenters. The number of ether oxygens (including phenoxy) is 1. The average molecular weight is 568 g/mol. The molecule has 2 aromatic rings. The van der Waals surface area contributed by atoms with Crippen LogP contribution in [0.25, 0.3) is 0 Å². The zero-order valence-corrected chi connectivity index (χ0v) is 22.3. The number of likely N-dealkylation sites (N-methyl/N-ethyl adjacent to an activating group) is 1. The Bertz CT molecular complexity index is 1510. The Labute approximate surface area is 234 Å². The zero-order valence-electron chi connectivity index (χ0n) is 22.3. The van der Waals surface area contributed by atoms with Gasteiger partial charge in [-0.15, -0.1) is 6.58 Å². The normalized spacial score (nSPS) is 27.6. The first-order valence-electron chi connectivity index (χ1n) is 13.5. The third-order valence-electron chi connectivity index (χ3n) is 9.41. The molecular weight excluding hydrogens is 539 g/mol. The Hall–Kier alpha value is -4.04. The predicted molar refractivity (Wildman–Crippen MR) is 142 cm³/mol. The van der Waals surface area contributed by atoms with Gasteiger partial charge in [0.05, 0.1) is 22.6 Å². The Morgan fingerprint density at radius 1 is 1.34 bits per heavy atom. The molecule has 8 nitrogen and oxygen atoms in total. The van der Waals surface area contributed by atoms with Crippen LogP contribution in [0.4, 0.5) is 18.9 Å². The van der Waals surface area contributed by atoms with E-state index in [0.29, 0.717) is 43.5 Å². The van der Waals surface area contributed by atoms with E-state index in [1.54, 1.807) is 7.05 Å². The molecule has 4 aliphatic rings. The molecule has 2 aliphatic heterocycles. The van der Waals surface area contributed by atoms with Crippen molar-refractivity contribution in [3.63, 3.8) is 0 Å². The molecule has 1 N–H and O–H groups in total. The average Bonchev–Trinajstić information content (AvgIpc) is 3.28. The maximum Gasteiger partial charge on any atom is 0.416 e. The molecule has 0 radical (unpaired) electrons. The number of piperidine rings is 1. The first-order chi connectivity index (χ1) is 19.5. The number of halogens is 3. The first kappa shape index (κ1) is 27.1. The summed E-state index contributed by atoms with van der Waals surface area (Å²) >= 11 is 0. The number of hydrogen-bond acceptors (Lipinski definition) is 6. The summed E-state index contributed by atoms with van der Waals surface area (Å²) < 4.78 is 45.1. The van der Waals surface area contributed by atoms with Crippen LogP contribution in [0.15, 0.2) is 43.0 Å². The molecule has 214 valence electrons. The van der Waals surface area contributed by atoms with Gasteiger partial charge in [0.25, 0.3) is 11.6 Å². The largest absolute Gasteiger partial charge is 0.504 e. The van der Waals surface area contributed by atoms with Crippen LogP contribution < -0.4 is 4.74 Å². The van der Waals surface area contributed by atoms with Crippen molar-refractivity contribution in [3.8, 4) is 23.3 Å². The molecule has 2 fully saturated rings. The third kappa shape index (κ3) is 4.07.